The van der Waals surface area contributed by atoms with Crippen LogP contribution in [0.1, 0.15) is 12.5 Å². The van der Waals surface area contributed by atoms with Crippen LogP contribution in [-0.2, 0) is 11.3 Å². The Hall–Kier alpha value is -0.970. The van der Waals surface area contributed by atoms with E-state index in [2.05, 4.69) is 28.6 Å². The average Bonchev–Trinajstić information content (AvgIpc) is 2.34. The molecule has 0 fully saturated rings. The van der Waals surface area contributed by atoms with Crippen molar-refractivity contribution in [3.8, 4) is 0 Å². The maximum atomic E-state index is 5.13. The molecule has 2 N–H and O–H groups in total. The molecule has 0 saturated carbocycles. The minimum Gasteiger partial charge on any atom is -0.380 e. The van der Waals surface area contributed by atoms with E-state index in [0.29, 0.717) is 0 Å². The van der Waals surface area contributed by atoms with Crippen molar-refractivity contribution >= 4 is 0 Å². The Morgan fingerprint density at radius 3 is 2.88 bits per heavy atom. The quantitative estimate of drug-likeness (QED) is 0.640. The number of rotatable bonds is 8. The van der Waals surface area contributed by atoms with Gasteiger partial charge in [-0.15, -0.1) is 0 Å². The van der Waals surface area contributed by atoms with Gasteiger partial charge in [0.1, 0.15) is 0 Å². The van der Waals surface area contributed by atoms with E-state index in [-0.39, 0.29) is 6.10 Å². The summed E-state index contributed by atoms with van der Waals surface area (Å²) in [5.41, 5.74) is 1.22. The summed E-state index contributed by atoms with van der Waals surface area (Å²) in [6.07, 6.45) is 3.95. The predicted octanol–water partition coefficient (Wildman–Crippen LogP) is 0.796. The van der Waals surface area contributed by atoms with Crippen molar-refractivity contribution in [2.24, 2.45) is 0 Å². The molecule has 1 unspecified atom stereocenters. The summed E-state index contributed by atoms with van der Waals surface area (Å²) in [5.74, 6) is 0. The van der Waals surface area contributed by atoms with Gasteiger partial charge in [0.2, 0.25) is 0 Å². The Morgan fingerprint density at radius 2 is 2.19 bits per heavy atom. The molecule has 1 aromatic heterocycles. The number of hydrogen-bond acceptors (Lipinski definition) is 4. The largest absolute Gasteiger partial charge is 0.380 e. The second kappa shape index (κ2) is 8.21. The van der Waals surface area contributed by atoms with E-state index < -0.39 is 0 Å². The molecule has 0 aliphatic rings. The number of hydrogen-bond donors (Lipinski definition) is 2. The molecular weight excluding hydrogens is 202 g/mol. The van der Waals surface area contributed by atoms with Crippen LogP contribution in [0.25, 0.3) is 0 Å². The van der Waals surface area contributed by atoms with Gasteiger partial charge in [0.05, 0.1) is 6.10 Å². The highest BCUT2D eigenvalue weighted by atomic mass is 16.5. The monoisotopic (exact) mass is 223 g/mol. The van der Waals surface area contributed by atoms with Crippen molar-refractivity contribution in [2.75, 3.05) is 26.7 Å². The first-order chi connectivity index (χ1) is 7.83. The molecule has 1 aromatic rings. The fraction of sp³-hybridized carbons (Fsp3) is 0.583. The van der Waals surface area contributed by atoms with Gasteiger partial charge in [-0.05, 0) is 18.6 Å². The minimum absolute atomic E-state index is 0.276. The van der Waals surface area contributed by atoms with Crippen molar-refractivity contribution in [3.05, 3.63) is 30.1 Å². The summed E-state index contributed by atoms with van der Waals surface area (Å²) >= 11 is 0. The molecule has 1 rings (SSSR count). The average molecular weight is 223 g/mol. The van der Waals surface area contributed by atoms with E-state index in [1.807, 2.05) is 12.3 Å². The summed E-state index contributed by atoms with van der Waals surface area (Å²) in [7, 11) is 1.73. The highest BCUT2D eigenvalue weighted by Gasteiger charge is 1.97. The highest BCUT2D eigenvalue weighted by molar-refractivity contribution is 5.07. The molecule has 0 spiro atoms. The Kier molecular flexibility index (Phi) is 6.72. The van der Waals surface area contributed by atoms with Crippen molar-refractivity contribution in [1.82, 2.24) is 15.6 Å². The van der Waals surface area contributed by atoms with Crippen molar-refractivity contribution < 1.29 is 4.74 Å². The zero-order valence-corrected chi connectivity index (χ0v) is 10.1. The predicted molar refractivity (Wildman–Crippen MR) is 65.3 cm³/mol. The number of methoxy groups -OCH3 is 1. The van der Waals surface area contributed by atoms with Gasteiger partial charge in [-0.2, -0.15) is 0 Å². The SMILES string of the molecule is COC(C)CNCCNCc1cccnc1. The number of ether oxygens (including phenoxy) is 1. The van der Waals surface area contributed by atoms with Gasteiger partial charge in [0.15, 0.2) is 0 Å². The van der Waals surface area contributed by atoms with Crippen LogP contribution >= 0.6 is 0 Å². The molecule has 90 valence electrons. The van der Waals surface area contributed by atoms with Crippen molar-refractivity contribution in [1.29, 1.82) is 0 Å². The lowest BCUT2D eigenvalue weighted by Crippen LogP contribution is -2.32. The van der Waals surface area contributed by atoms with Gasteiger partial charge in [-0.3, -0.25) is 4.98 Å². The number of nitrogens with one attached hydrogen (secondary N) is 2. The molecule has 0 radical (unpaired) electrons. The second-order valence-electron chi connectivity index (χ2n) is 3.79. The Balaban J connectivity index is 1.96. The first kappa shape index (κ1) is 13.1. The number of aromatic nitrogens is 1. The molecule has 4 nitrogen and oxygen atoms in total. The van der Waals surface area contributed by atoms with Gasteiger partial charge in [-0.1, -0.05) is 6.07 Å². The molecule has 4 heteroatoms. The standard InChI is InChI=1S/C12H21N3O/c1-11(16-2)8-14-6-7-15-10-12-4-3-5-13-9-12/h3-5,9,11,14-15H,6-8,10H2,1-2H3. The van der Waals surface area contributed by atoms with Gasteiger partial charge >= 0.3 is 0 Å². The molecule has 1 heterocycles. The molecule has 1 atom stereocenters. The molecule has 0 aliphatic heterocycles. The van der Waals surface area contributed by atoms with Gasteiger partial charge in [0, 0.05) is 45.7 Å². The van der Waals surface area contributed by atoms with Crippen LogP contribution in [0.2, 0.25) is 0 Å². The van der Waals surface area contributed by atoms with Crippen LogP contribution in [0.4, 0.5) is 0 Å². The molecular formula is C12H21N3O. The molecule has 0 aromatic carbocycles. The minimum atomic E-state index is 0.276. The maximum Gasteiger partial charge on any atom is 0.0667 e. The summed E-state index contributed by atoms with van der Waals surface area (Å²) in [6, 6.07) is 4.02. The number of nitrogens with zero attached hydrogens (tertiary/aromatic N) is 1. The zero-order chi connectivity index (χ0) is 11.6. The third kappa shape index (κ3) is 5.80. The first-order valence-electron chi connectivity index (χ1n) is 5.66. The van der Waals surface area contributed by atoms with Crippen LogP contribution in [0.15, 0.2) is 24.5 Å². The van der Waals surface area contributed by atoms with E-state index in [0.717, 1.165) is 26.2 Å². The fourth-order valence-electron chi connectivity index (χ4n) is 1.30. The Morgan fingerprint density at radius 1 is 1.38 bits per heavy atom. The third-order valence-corrected chi connectivity index (χ3v) is 2.36. The Bertz CT molecular complexity index is 266. The summed E-state index contributed by atoms with van der Waals surface area (Å²) in [4.78, 5) is 4.06. The van der Waals surface area contributed by atoms with E-state index in [4.69, 9.17) is 4.74 Å². The second-order valence-corrected chi connectivity index (χ2v) is 3.79. The van der Waals surface area contributed by atoms with Crippen LogP contribution in [0.3, 0.4) is 0 Å². The fourth-order valence-corrected chi connectivity index (χ4v) is 1.30. The number of pyridine rings is 1. The Labute approximate surface area is 97.4 Å². The van der Waals surface area contributed by atoms with E-state index >= 15 is 0 Å². The first-order valence-corrected chi connectivity index (χ1v) is 5.66. The van der Waals surface area contributed by atoms with Crippen LogP contribution in [-0.4, -0.2) is 37.8 Å². The van der Waals surface area contributed by atoms with Gasteiger partial charge < -0.3 is 15.4 Å². The lowest BCUT2D eigenvalue weighted by atomic mass is 10.3. The summed E-state index contributed by atoms with van der Waals surface area (Å²) < 4.78 is 5.13. The topological polar surface area (TPSA) is 46.2 Å². The van der Waals surface area contributed by atoms with Crippen LogP contribution in [0.5, 0.6) is 0 Å². The van der Waals surface area contributed by atoms with Gasteiger partial charge in [0.25, 0.3) is 0 Å². The van der Waals surface area contributed by atoms with Gasteiger partial charge in [-0.25, -0.2) is 0 Å². The smallest absolute Gasteiger partial charge is 0.0667 e. The van der Waals surface area contributed by atoms with Crippen molar-refractivity contribution in [3.63, 3.8) is 0 Å². The van der Waals surface area contributed by atoms with Crippen LogP contribution < -0.4 is 10.6 Å². The lowest BCUT2D eigenvalue weighted by Gasteiger charge is -2.10. The lowest BCUT2D eigenvalue weighted by molar-refractivity contribution is 0.117. The van der Waals surface area contributed by atoms with E-state index in [1.165, 1.54) is 5.56 Å². The molecule has 0 amide bonds. The highest BCUT2D eigenvalue weighted by Crippen LogP contribution is 1.93. The molecule has 0 bridgehead atoms. The van der Waals surface area contributed by atoms with E-state index in [1.54, 1.807) is 13.3 Å². The zero-order valence-electron chi connectivity index (χ0n) is 10.1. The molecule has 0 aliphatic carbocycles. The maximum absolute atomic E-state index is 5.13. The molecule has 16 heavy (non-hydrogen) atoms. The third-order valence-electron chi connectivity index (χ3n) is 2.36. The summed E-state index contributed by atoms with van der Waals surface area (Å²) in [6.45, 7) is 5.72. The van der Waals surface area contributed by atoms with Crippen molar-refractivity contribution in [2.45, 2.75) is 19.6 Å². The molecule has 0 saturated heterocycles. The summed E-state index contributed by atoms with van der Waals surface area (Å²) in [5, 5.41) is 6.67. The van der Waals surface area contributed by atoms with Crippen LogP contribution in [0, 0.1) is 0 Å². The normalized spacial score (nSPS) is 12.6. The van der Waals surface area contributed by atoms with E-state index in [9.17, 15) is 0 Å².